The Morgan fingerprint density at radius 2 is 1.81 bits per heavy atom. The second-order valence-corrected chi connectivity index (χ2v) is 11.9. The summed E-state index contributed by atoms with van der Waals surface area (Å²) in [5.74, 6) is 0.794. The Hall–Kier alpha value is -4.65. The Labute approximate surface area is 278 Å². The Kier molecular flexibility index (Phi) is 12.6. The predicted octanol–water partition coefficient (Wildman–Crippen LogP) is 5.04. The molecule has 3 N–H and O–H groups in total. The molecular formula is C34H42N4O8S. The van der Waals surface area contributed by atoms with Crippen molar-refractivity contribution in [2.45, 2.75) is 64.8 Å². The lowest BCUT2D eigenvalue weighted by atomic mass is 9.95. The highest BCUT2D eigenvalue weighted by atomic mass is 32.1. The molecule has 47 heavy (non-hydrogen) atoms. The van der Waals surface area contributed by atoms with Crippen molar-refractivity contribution in [2.24, 2.45) is 0 Å². The summed E-state index contributed by atoms with van der Waals surface area (Å²) < 4.78 is 22.0. The van der Waals surface area contributed by atoms with Gasteiger partial charge in [0, 0.05) is 30.8 Å². The maximum Gasteiger partial charge on any atom is 0.311 e. The number of nitrogens with one attached hydrogen (secondary N) is 3. The molecule has 252 valence electrons. The molecule has 2 aromatic carbocycles. The van der Waals surface area contributed by atoms with Gasteiger partial charge < -0.3 is 34.9 Å². The topological polar surface area (TPSA) is 154 Å². The number of unbranched alkanes of at least 4 members (excludes halogenated alkanes) is 2. The summed E-state index contributed by atoms with van der Waals surface area (Å²) in [6, 6.07) is 6.76. The van der Waals surface area contributed by atoms with Crippen LogP contribution in [0.3, 0.4) is 0 Å². The van der Waals surface area contributed by atoms with E-state index in [2.05, 4.69) is 20.9 Å². The first-order valence-corrected chi connectivity index (χ1v) is 16.5. The molecule has 1 heterocycles. The minimum Gasteiger partial charge on any atom is -0.493 e. The summed E-state index contributed by atoms with van der Waals surface area (Å²) >= 11 is 1.27. The highest BCUT2D eigenvalue weighted by Gasteiger charge is 2.29. The number of aryl methyl sites for hydroxylation is 1. The zero-order chi connectivity index (χ0) is 33.9. The maximum atomic E-state index is 13.5. The SMILES string of the molecule is CCOC(=O)Cc1csc(NC(=O)CCCCCNc2ccc3c(cc2=O)[C@@H](NC(C)=O)CCc2cc(OC)c(OC)c(OC)c2-3)n1. The molecule has 2 amide bonds. The van der Waals surface area contributed by atoms with Crippen molar-refractivity contribution in [3.05, 3.63) is 56.7 Å². The number of amides is 2. The van der Waals surface area contributed by atoms with Gasteiger partial charge in [-0.1, -0.05) is 12.5 Å². The van der Waals surface area contributed by atoms with Crippen LogP contribution in [0.1, 0.15) is 68.8 Å². The number of carbonyl (C=O) groups excluding carboxylic acids is 3. The molecule has 0 aliphatic heterocycles. The van der Waals surface area contributed by atoms with Gasteiger partial charge in [0.15, 0.2) is 16.6 Å². The summed E-state index contributed by atoms with van der Waals surface area (Å²) in [5, 5.41) is 11.2. The largest absolute Gasteiger partial charge is 0.493 e. The molecule has 1 aliphatic carbocycles. The maximum absolute atomic E-state index is 13.5. The van der Waals surface area contributed by atoms with Crippen LogP contribution in [0.25, 0.3) is 11.1 Å². The average molecular weight is 667 g/mol. The number of esters is 1. The molecule has 0 saturated heterocycles. The molecule has 0 spiro atoms. The quantitative estimate of drug-likeness (QED) is 0.149. The Balaban J connectivity index is 1.42. The Morgan fingerprint density at radius 1 is 1.02 bits per heavy atom. The number of anilines is 2. The van der Waals surface area contributed by atoms with Gasteiger partial charge in [-0.2, -0.15) is 0 Å². The minimum absolute atomic E-state index is 0.0711. The van der Waals surface area contributed by atoms with Crippen molar-refractivity contribution in [1.29, 1.82) is 0 Å². The van der Waals surface area contributed by atoms with Gasteiger partial charge >= 0.3 is 5.97 Å². The number of thiazole rings is 1. The van der Waals surface area contributed by atoms with E-state index < -0.39 is 0 Å². The molecule has 0 fully saturated rings. The summed E-state index contributed by atoms with van der Waals surface area (Å²) in [5.41, 5.74) is 4.00. The number of aromatic nitrogens is 1. The smallest absolute Gasteiger partial charge is 0.311 e. The standard InChI is InChI=1S/C34H42N4O8S/c1-6-46-30(42)17-22-19-47-34(37-22)38-29(41)10-8-7-9-15-35-26-14-12-23-24(18-27(26)40)25(36-20(2)39)13-11-21-16-28(43-3)32(44-4)33(45-5)31(21)23/h12,14,16,18-19,25H,6-11,13,15,17H2,1-5H3,(H,35,40)(H,36,39)(H,37,38,41)/t25-/m0/s1. The van der Waals surface area contributed by atoms with Crippen LogP contribution in [-0.2, 0) is 32.0 Å². The fraction of sp³-hybridized carbons (Fsp3) is 0.441. The second-order valence-electron chi connectivity index (χ2n) is 11.0. The van der Waals surface area contributed by atoms with E-state index in [0.717, 1.165) is 29.5 Å². The van der Waals surface area contributed by atoms with Gasteiger partial charge in [-0.25, -0.2) is 4.98 Å². The highest BCUT2D eigenvalue weighted by Crippen LogP contribution is 2.50. The van der Waals surface area contributed by atoms with E-state index in [0.29, 0.717) is 78.2 Å². The normalized spacial score (nSPS) is 13.3. The van der Waals surface area contributed by atoms with Gasteiger partial charge in [0.25, 0.3) is 0 Å². The first-order chi connectivity index (χ1) is 22.7. The predicted molar refractivity (Wildman–Crippen MR) is 181 cm³/mol. The molecule has 1 aromatic heterocycles. The number of carbonyl (C=O) groups is 3. The molecule has 12 nitrogen and oxygen atoms in total. The van der Waals surface area contributed by atoms with E-state index in [1.165, 1.54) is 18.3 Å². The third kappa shape index (κ3) is 9.00. The fourth-order valence-corrected chi connectivity index (χ4v) is 6.38. The Bertz CT molecular complexity index is 1660. The van der Waals surface area contributed by atoms with Crippen molar-refractivity contribution >= 4 is 39.9 Å². The van der Waals surface area contributed by atoms with Crippen LogP contribution >= 0.6 is 11.3 Å². The van der Waals surface area contributed by atoms with E-state index in [4.69, 9.17) is 18.9 Å². The van der Waals surface area contributed by atoms with Gasteiger partial charge in [0.2, 0.25) is 23.0 Å². The van der Waals surface area contributed by atoms with Crippen LogP contribution in [0.4, 0.5) is 10.8 Å². The molecule has 1 aliphatic rings. The first-order valence-electron chi connectivity index (χ1n) is 15.6. The van der Waals surface area contributed by atoms with Crippen LogP contribution < -0.4 is 35.6 Å². The van der Waals surface area contributed by atoms with E-state index >= 15 is 0 Å². The van der Waals surface area contributed by atoms with E-state index in [-0.39, 0.29) is 35.7 Å². The van der Waals surface area contributed by atoms with Crippen molar-refractivity contribution < 1.29 is 33.3 Å². The number of hydrogen-bond donors (Lipinski definition) is 3. The van der Waals surface area contributed by atoms with E-state index in [9.17, 15) is 19.2 Å². The molecular weight excluding hydrogens is 624 g/mol. The van der Waals surface area contributed by atoms with Gasteiger partial charge in [0.1, 0.15) is 0 Å². The number of fused-ring (bicyclic) bond motifs is 3. The minimum atomic E-state index is -0.385. The van der Waals surface area contributed by atoms with Crippen molar-refractivity contribution in [2.75, 3.05) is 45.1 Å². The van der Waals surface area contributed by atoms with Crippen molar-refractivity contribution in [3.8, 4) is 28.4 Å². The van der Waals surface area contributed by atoms with Crippen LogP contribution in [0.15, 0.2) is 34.4 Å². The molecule has 13 heteroatoms. The number of methoxy groups -OCH3 is 3. The second kappa shape index (κ2) is 16.8. The lowest BCUT2D eigenvalue weighted by Gasteiger charge is -2.19. The van der Waals surface area contributed by atoms with Gasteiger partial charge in [-0.3, -0.25) is 19.2 Å². The summed E-state index contributed by atoms with van der Waals surface area (Å²) in [7, 11) is 4.68. The van der Waals surface area contributed by atoms with Crippen LogP contribution in [0.2, 0.25) is 0 Å². The highest BCUT2D eigenvalue weighted by molar-refractivity contribution is 7.13. The van der Waals surface area contributed by atoms with Crippen LogP contribution in [-0.4, -0.2) is 57.2 Å². The zero-order valence-electron chi connectivity index (χ0n) is 27.4. The molecule has 4 rings (SSSR count). The number of hydrogen-bond acceptors (Lipinski definition) is 11. The van der Waals surface area contributed by atoms with Crippen molar-refractivity contribution in [3.63, 3.8) is 0 Å². The Morgan fingerprint density at radius 3 is 2.51 bits per heavy atom. The first kappa shape index (κ1) is 35.2. The van der Waals surface area contributed by atoms with E-state index in [1.54, 1.807) is 45.8 Å². The molecule has 0 saturated carbocycles. The summed E-state index contributed by atoms with van der Waals surface area (Å²) in [6.45, 7) is 4.05. The van der Waals surface area contributed by atoms with Gasteiger partial charge in [0.05, 0.1) is 51.8 Å². The van der Waals surface area contributed by atoms with Crippen LogP contribution in [0.5, 0.6) is 17.2 Å². The molecule has 1 atom stereocenters. The number of benzene rings is 1. The zero-order valence-corrected chi connectivity index (χ0v) is 28.3. The number of rotatable bonds is 15. The molecule has 3 aromatic rings. The molecule has 0 unspecified atom stereocenters. The lowest BCUT2D eigenvalue weighted by Crippen LogP contribution is -2.26. The fourth-order valence-electron chi connectivity index (χ4n) is 5.65. The number of nitrogens with zero attached hydrogens (tertiary/aromatic N) is 1. The third-order valence-electron chi connectivity index (χ3n) is 7.74. The average Bonchev–Trinajstić information content (AvgIpc) is 3.33. The third-order valence-corrected chi connectivity index (χ3v) is 8.55. The van der Waals surface area contributed by atoms with Crippen molar-refractivity contribution in [1.82, 2.24) is 10.3 Å². The summed E-state index contributed by atoms with van der Waals surface area (Å²) in [4.78, 5) is 53.9. The monoisotopic (exact) mass is 666 g/mol. The van der Waals surface area contributed by atoms with Gasteiger partial charge in [-0.05, 0) is 67.5 Å². The number of ether oxygens (including phenoxy) is 4. The van der Waals surface area contributed by atoms with Gasteiger partial charge in [-0.15, -0.1) is 11.3 Å². The van der Waals surface area contributed by atoms with E-state index in [1.807, 2.05) is 12.1 Å². The molecule has 0 radical (unpaired) electrons. The lowest BCUT2D eigenvalue weighted by molar-refractivity contribution is -0.142. The van der Waals surface area contributed by atoms with Crippen LogP contribution in [0, 0.1) is 0 Å². The molecule has 0 bridgehead atoms. The summed E-state index contributed by atoms with van der Waals surface area (Å²) in [6.07, 6.45) is 3.77.